The van der Waals surface area contributed by atoms with E-state index in [1.54, 1.807) is 43.9 Å². The Labute approximate surface area is 144 Å². The van der Waals surface area contributed by atoms with Crippen LogP contribution in [-0.2, 0) is 17.8 Å². The quantitative estimate of drug-likeness (QED) is 0.711. The van der Waals surface area contributed by atoms with Crippen molar-refractivity contribution in [2.24, 2.45) is 0 Å². The normalized spacial score (nSPS) is 10.6. The second kappa shape index (κ2) is 7.57. The zero-order valence-electron chi connectivity index (χ0n) is 13.8. The number of carbonyl (C=O) groups excluding carboxylic acids is 1. The standard InChI is InChI=1S/C18H18N4O3/c1-25-15-3-4-16-13(9-15)8-12(18(24)22-16)2-5-17(23)21-11-14-10-19-6-7-20-14/h3-4,6-10H,2,5,11H2,1H3,(H,21,23)(H,22,24). The Kier molecular flexibility index (Phi) is 5.03. The van der Waals surface area contributed by atoms with Crippen LogP contribution in [0.5, 0.6) is 5.75 Å². The number of carbonyl (C=O) groups is 1. The molecule has 0 saturated heterocycles. The van der Waals surface area contributed by atoms with E-state index in [1.165, 1.54) is 0 Å². The Morgan fingerprint density at radius 2 is 2.16 bits per heavy atom. The fourth-order valence-corrected chi connectivity index (χ4v) is 2.49. The first kappa shape index (κ1) is 16.6. The van der Waals surface area contributed by atoms with Crippen molar-refractivity contribution in [3.8, 4) is 5.75 Å². The third-order valence-electron chi connectivity index (χ3n) is 3.83. The molecule has 0 spiro atoms. The molecule has 1 aromatic carbocycles. The summed E-state index contributed by atoms with van der Waals surface area (Å²) in [4.78, 5) is 35.0. The minimum absolute atomic E-state index is 0.143. The zero-order chi connectivity index (χ0) is 17.6. The highest BCUT2D eigenvalue weighted by Crippen LogP contribution is 2.19. The highest BCUT2D eigenvalue weighted by molar-refractivity contribution is 5.81. The molecule has 3 aromatic rings. The van der Waals surface area contributed by atoms with Crippen LogP contribution in [0.15, 0.2) is 47.7 Å². The van der Waals surface area contributed by atoms with E-state index in [4.69, 9.17) is 4.74 Å². The molecule has 2 N–H and O–H groups in total. The Morgan fingerprint density at radius 3 is 2.92 bits per heavy atom. The summed E-state index contributed by atoms with van der Waals surface area (Å²) in [5.74, 6) is 0.572. The van der Waals surface area contributed by atoms with Gasteiger partial charge in [-0.1, -0.05) is 0 Å². The maximum absolute atomic E-state index is 12.1. The second-order valence-electron chi connectivity index (χ2n) is 5.55. The number of aromatic amines is 1. The van der Waals surface area contributed by atoms with Crippen LogP contribution in [0.25, 0.3) is 10.9 Å². The number of hydrogen-bond acceptors (Lipinski definition) is 5. The number of fused-ring (bicyclic) bond motifs is 1. The molecule has 0 saturated carbocycles. The van der Waals surface area contributed by atoms with Crippen LogP contribution in [0.2, 0.25) is 0 Å². The number of aryl methyl sites for hydroxylation is 1. The molecule has 0 atom stereocenters. The number of benzene rings is 1. The van der Waals surface area contributed by atoms with Gasteiger partial charge in [0.1, 0.15) is 5.75 Å². The molecule has 7 heteroatoms. The first-order valence-corrected chi connectivity index (χ1v) is 7.87. The molecule has 7 nitrogen and oxygen atoms in total. The molecule has 3 rings (SSSR count). The van der Waals surface area contributed by atoms with Gasteiger partial charge >= 0.3 is 0 Å². The number of nitrogens with zero attached hydrogens (tertiary/aromatic N) is 2. The molecule has 0 unspecified atom stereocenters. The summed E-state index contributed by atoms with van der Waals surface area (Å²) >= 11 is 0. The fourth-order valence-electron chi connectivity index (χ4n) is 2.49. The van der Waals surface area contributed by atoms with Crippen molar-refractivity contribution in [3.05, 3.63) is 64.5 Å². The van der Waals surface area contributed by atoms with Gasteiger partial charge in [-0.3, -0.25) is 19.6 Å². The van der Waals surface area contributed by atoms with Crippen LogP contribution < -0.4 is 15.6 Å². The summed E-state index contributed by atoms with van der Waals surface area (Å²) in [7, 11) is 1.59. The average Bonchev–Trinajstić information content (AvgIpc) is 2.65. The Hall–Kier alpha value is -3.22. The average molecular weight is 338 g/mol. The molecular formula is C18H18N4O3. The first-order chi connectivity index (χ1) is 12.2. The van der Waals surface area contributed by atoms with Crippen molar-refractivity contribution in [2.75, 3.05) is 7.11 Å². The summed E-state index contributed by atoms with van der Waals surface area (Å²) < 4.78 is 5.20. The van der Waals surface area contributed by atoms with Crippen LogP contribution in [0, 0.1) is 0 Å². The number of H-pyrrole nitrogens is 1. The van der Waals surface area contributed by atoms with Gasteiger partial charge in [-0.2, -0.15) is 0 Å². The molecule has 128 valence electrons. The van der Waals surface area contributed by atoms with E-state index >= 15 is 0 Å². The van der Waals surface area contributed by atoms with Gasteiger partial charge in [0, 0.05) is 35.3 Å². The molecule has 0 fully saturated rings. The van der Waals surface area contributed by atoms with Crippen molar-refractivity contribution in [3.63, 3.8) is 0 Å². The molecule has 0 radical (unpaired) electrons. The number of nitrogens with one attached hydrogen (secondary N) is 2. The number of ether oxygens (including phenoxy) is 1. The molecule has 0 bridgehead atoms. The molecule has 1 amide bonds. The predicted octanol–water partition coefficient (Wildman–Crippen LogP) is 1.58. The van der Waals surface area contributed by atoms with Gasteiger partial charge in [-0.15, -0.1) is 0 Å². The third kappa shape index (κ3) is 4.20. The summed E-state index contributed by atoms with van der Waals surface area (Å²) in [6.07, 6.45) is 5.33. The van der Waals surface area contributed by atoms with E-state index in [9.17, 15) is 9.59 Å². The van der Waals surface area contributed by atoms with Gasteiger partial charge < -0.3 is 15.0 Å². The molecule has 0 aliphatic rings. The minimum Gasteiger partial charge on any atom is -0.497 e. The van der Waals surface area contributed by atoms with Crippen molar-refractivity contribution < 1.29 is 9.53 Å². The van der Waals surface area contributed by atoms with Gasteiger partial charge in [0.25, 0.3) is 5.56 Å². The topological polar surface area (TPSA) is 97.0 Å². The number of pyridine rings is 1. The maximum atomic E-state index is 12.1. The number of aromatic nitrogens is 3. The predicted molar refractivity (Wildman–Crippen MR) is 93.3 cm³/mol. The van der Waals surface area contributed by atoms with Gasteiger partial charge in [-0.25, -0.2) is 0 Å². The van der Waals surface area contributed by atoms with Crippen LogP contribution in [0.4, 0.5) is 0 Å². The van der Waals surface area contributed by atoms with E-state index in [-0.39, 0.29) is 17.9 Å². The lowest BCUT2D eigenvalue weighted by Crippen LogP contribution is -2.24. The lowest BCUT2D eigenvalue weighted by Gasteiger charge is -2.06. The van der Waals surface area contributed by atoms with Crippen molar-refractivity contribution in [1.82, 2.24) is 20.3 Å². The lowest BCUT2D eigenvalue weighted by atomic mass is 10.1. The second-order valence-corrected chi connectivity index (χ2v) is 5.55. The molecule has 2 heterocycles. The summed E-state index contributed by atoms with van der Waals surface area (Å²) in [5, 5.41) is 3.64. The fraction of sp³-hybridized carbons (Fsp3) is 0.222. The molecule has 0 aliphatic heterocycles. The van der Waals surface area contributed by atoms with Crippen molar-refractivity contribution in [2.45, 2.75) is 19.4 Å². The number of amides is 1. The third-order valence-corrected chi connectivity index (χ3v) is 3.83. The van der Waals surface area contributed by atoms with E-state index in [0.29, 0.717) is 30.0 Å². The van der Waals surface area contributed by atoms with Gasteiger partial charge in [0.05, 0.1) is 25.5 Å². The maximum Gasteiger partial charge on any atom is 0.251 e. The zero-order valence-corrected chi connectivity index (χ0v) is 13.8. The summed E-state index contributed by atoms with van der Waals surface area (Å²) in [6.45, 7) is 0.317. The monoisotopic (exact) mass is 338 g/mol. The Bertz CT molecular complexity index is 938. The van der Waals surface area contributed by atoms with Crippen LogP contribution in [0.1, 0.15) is 17.7 Å². The molecule has 25 heavy (non-hydrogen) atoms. The number of hydrogen-bond donors (Lipinski definition) is 2. The minimum atomic E-state index is -0.181. The smallest absolute Gasteiger partial charge is 0.251 e. The van der Waals surface area contributed by atoms with E-state index in [2.05, 4.69) is 20.3 Å². The first-order valence-electron chi connectivity index (χ1n) is 7.87. The van der Waals surface area contributed by atoms with Gasteiger partial charge in [0.15, 0.2) is 0 Å². The number of rotatable bonds is 6. The Morgan fingerprint density at radius 1 is 1.28 bits per heavy atom. The molecular weight excluding hydrogens is 320 g/mol. The van der Waals surface area contributed by atoms with Crippen LogP contribution >= 0.6 is 0 Å². The van der Waals surface area contributed by atoms with Crippen molar-refractivity contribution >= 4 is 16.8 Å². The summed E-state index contributed by atoms with van der Waals surface area (Å²) in [5.41, 5.74) is 1.81. The Balaban J connectivity index is 1.64. The number of methoxy groups -OCH3 is 1. The van der Waals surface area contributed by atoms with Gasteiger partial charge in [0.2, 0.25) is 5.91 Å². The van der Waals surface area contributed by atoms with E-state index in [1.807, 2.05) is 6.07 Å². The van der Waals surface area contributed by atoms with E-state index in [0.717, 1.165) is 10.9 Å². The van der Waals surface area contributed by atoms with E-state index < -0.39 is 0 Å². The largest absolute Gasteiger partial charge is 0.497 e. The van der Waals surface area contributed by atoms with Crippen LogP contribution in [0.3, 0.4) is 0 Å². The molecule has 2 aromatic heterocycles. The lowest BCUT2D eigenvalue weighted by molar-refractivity contribution is -0.121. The van der Waals surface area contributed by atoms with Crippen LogP contribution in [-0.4, -0.2) is 28.0 Å². The summed E-state index contributed by atoms with van der Waals surface area (Å²) in [6, 6.07) is 7.24. The highest BCUT2D eigenvalue weighted by Gasteiger charge is 2.08. The van der Waals surface area contributed by atoms with Crippen molar-refractivity contribution in [1.29, 1.82) is 0 Å². The SMILES string of the molecule is COc1ccc2[nH]c(=O)c(CCC(=O)NCc3cnccn3)cc2c1. The highest BCUT2D eigenvalue weighted by atomic mass is 16.5. The molecule has 0 aliphatic carbocycles. The van der Waals surface area contributed by atoms with Gasteiger partial charge in [-0.05, 0) is 30.7 Å².